The number of nitrogens with one attached hydrogen (secondary N) is 1. The Hall–Kier alpha value is -2.11. The minimum absolute atomic E-state index is 0.0838. The Morgan fingerprint density at radius 2 is 2.07 bits per heavy atom. The quantitative estimate of drug-likeness (QED) is 0.699. The molecule has 162 valence electrons. The molecule has 1 heterocycles. The van der Waals surface area contributed by atoms with Crippen molar-refractivity contribution < 1.29 is 13.9 Å². The molecule has 2 atom stereocenters. The van der Waals surface area contributed by atoms with Gasteiger partial charge in [-0.2, -0.15) is 0 Å². The standard InChI is InChI=1S/C24H30ClFN2O2/c1-15-16(2)23(30-4)10-9-21(15)17(3)28-11-5-6-20(14-28)27-24(29)12-18-7-8-19(26)13-22(18)25/h7-10,13,17,20H,5-6,11-12,14H2,1-4H3,(H,27,29). The molecule has 0 spiro atoms. The van der Waals surface area contributed by atoms with Crippen LogP contribution in [-0.2, 0) is 11.2 Å². The zero-order chi connectivity index (χ0) is 21.8. The monoisotopic (exact) mass is 432 g/mol. The molecule has 2 aromatic carbocycles. The zero-order valence-corrected chi connectivity index (χ0v) is 18.9. The fraction of sp³-hybridized carbons (Fsp3) is 0.458. The van der Waals surface area contributed by atoms with Gasteiger partial charge in [-0.05, 0) is 80.6 Å². The summed E-state index contributed by atoms with van der Waals surface area (Å²) in [5.74, 6) is 0.427. The van der Waals surface area contributed by atoms with Crippen molar-refractivity contribution in [3.63, 3.8) is 0 Å². The minimum Gasteiger partial charge on any atom is -0.496 e. The summed E-state index contributed by atoms with van der Waals surface area (Å²) < 4.78 is 18.7. The van der Waals surface area contributed by atoms with Gasteiger partial charge in [0.1, 0.15) is 11.6 Å². The molecule has 1 fully saturated rings. The third kappa shape index (κ3) is 5.13. The van der Waals surface area contributed by atoms with Crippen molar-refractivity contribution in [3.8, 4) is 5.75 Å². The fourth-order valence-electron chi connectivity index (χ4n) is 4.28. The molecule has 1 amide bonds. The number of rotatable bonds is 6. The van der Waals surface area contributed by atoms with E-state index in [0.717, 1.165) is 31.7 Å². The van der Waals surface area contributed by atoms with Crippen LogP contribution in [-0.4, -0.2) is 37.0 Å². The number of piperidine rings is 1. The van der Waals surface area contributed by atoms with Gasteiger partial charge < -0.3 is 10.1 Å². The van der Waals surface area contributed by atoms with Gasteiger partial charge in [0.05, 0.1) is 13.5 Å². The Bertz CT molecular complexity index is 918. The van der Waals surface area contributed by atoms with E-state index in [-0.39, 0.29) is 29.4 Å². The van der Waals surface area contributed by atoms with Crippen LogP contribution >= 0.6 is 11.6 Å². The van der Waals surface area contributed by atoms with Crippen LogP contribution in [0.5, 0.6) is 5.75 Å². The Morgan fingerprint density at radius 1 is 1.30 bits per heavy atom. The van der Waals surface area contributed by atoms with Gasteiger partial charge in [-0.1, -0.05) is 23.7 Å². The lowest BCUT2D eigenvalue weighted by atomic mass is 9.94. The van der Waals surface area contributed by atoms with E-state index in [9.17, 15) is 9.18 Å². The van der Waals surface area contributed by atoms with E-state index >= 15 is 0 Å². The average Bonchev–Trinajstić information content (AvgIpc) is 2.72. The number of carbonyl (C=O) groups excluding carboxylic acids is 1. The Morgan fingerprint density at radius 3 is 2.77 bits per heavy atom. The number of hydrogen-bond acceptors (Lipinski definition) is 3. The van der Waals surface area contributed by atoms with Gasteiger partial charge in [-0.15, -0.1) is 0 Å². The van der Waals surface area contributed by atoms with Gasteiger partial charge in [0, 0.05) is 23.7 Å². The average molecular weight is 433 g/mol. The first-order valence-electron chi connectivity index (χ1n) is 10.4. The molecule has 2 unspecified atom stereocenters. The molecule has 6 heteroatoms. The van der Waals surface area contributed by atoms with Crippen LogP contribution in [0.25, 0.3) is 0 Å². The van der Waals surface area contributed by atoms with Gasteiger partial charge >= 0.3 is 0 Å². The predicted molar refractivity (Wildman–Crippen MR) is 119 cm³/mol. The zero-order valence-electron chi connectivity index (χ0n) is 18.1. The predicted octanol–water partition coefficient (Wildman–Crippen LogP) is 4.99. The van der Waals surface area contributed by atoms with Crippen LogP contribution in [0.15, 0.2) is 30.3 Å². The number of hydrogen-bond donors (Lipinski definition) is 1. The summed E-state index contributed by atoms with van der Waals surface area (Å²) in [6.45, 7) is 8.25. The summed E-state index contributed by atoms with van der Waals surface area (Å²) in [5.41, 5.74) is 4.35. The van der Waals surface area contributed by atoms with E-state index in [4.69, 9.17) is 16.3 Å². The first-order valence-corrected chi connectivity index (χ1v) is 10.8. The van der Waals surface area contributed by atoms with E-state index in [2.05, 4.69) is 37.1 Å². The van der Waals surface area contributed by atoms with E-state index in [0.29, 0.717) is 5.56 Å². The summed E-state index contributed by atoms with van der Waals surface area (Å²) in [4.78, 5) is 15.0. The van der Waals surface area contributed by atoms with Crippen molar-refractivity contribution >= 4 is 17.5 Å². The molecule has 1 aliphatic heterocycles. The number of likely N-dealkylation sites (tertiary alicyclic amines) is 1. The van der Waals surface area contributed by atoms with Gasteiger partial charge in [-0.25, -0.2) is 4.39 Å². The van der Waals surface area contributed by atoms with Gasteiger partial charge in [0.2, 0.25) is 5.91 Å². The Kier molecular flexibility index (Phi) is 7.37. The molecular weight excluding hydrogens is 403 g/mol. The maximum atomic E-state index is 13.2. The summed E-state index contributed by atoms with van der Waals surface area (Å²) in [7, 11) is 1.70. The molecular formula is C24H30ClFN2O2. The summed E-state index contributed by atoms with van der Waals surface area (Å²) in [6, 6.07) is 8.66. The highest BCUT2D eigenvalue weighted by atomic mass is 35.5. The first kappa shape index (κ1) is 22.6. The van der Waals surface area contributed by atoms with E-state index in [1.54, 1.807) is 13.2 Å². The molecule has 0 bridgehead atoms. The largest absolute Gasteiger partial charge is 0.496 e. The molecule has 3 rings (SSSR count). The SMILES string of the molecule is COc1ccc(C(C)N2CCCC(NC(=O)Cc3ccc(F)cc3Cl)C2)c(C)c1C. The van der Waals surface area contributed by atoms with Crippen molar-refractivity contribution in [2.75, 3.05) is 20.2 Å². The van der Waals surface area contributed by atoms with Crippen molar-refractivity contribution in [2.45, 2.75) is 52.1 Å². The first-order chi connectivity index (χ1) is 14.3. The van der Waals surface area contributed by atoms with Crippen molar-refractivity contribution in [3.05, 3.63) is 63.4 Å². The number of methoxy groups -OCH3 is 1. The summed E-state index contributed by atoms with van der Waals surface area (Å²) in [5, 5.41) is 3.42. The lowest BCUT2D eigenvalue weighted by Crippen LogP contribution is -2.48. The maximum Gasteiger partial charge on any atom is 0.224 e. The highest BCUT2D eigenvalue weighted by Gasteiger charge is 2.26. The van der Waals surface area contributed by atoms with Crippen molar-refractivity contribution in [2.24, 2.45) is 0 Å². The molecule has 30 heavy (non-hydrogen) atoms. The maximum absolute atomic E-state index is 13.2. The number of amides is 1. The van der Waals surface area contributed by atoms with Crippen LogP contribution in [0, 0.1) is 19.7 Å². The molecule has 0 saturated carbocycles. The summed E-state index contributed by atoms with van der Waals surface area (Å²) in [6.07, 6.45) is 2.13. The Balaban J connectivity index is 1.63. The van der Waals surface area contributed by atoms with Crippen LogP contribution in [0.1, 0.15) is 48.1 Å². The third-order valence-corrected chi connectivity index (χ3v) is 6.53. The molecule has 1 aliphatic rings. The van der Waals surface area contributed by atoms with E-state index < -0.39 is 5.82 Å². The van der Waals surface area contributed by atoms with Crippen LogP contribution in [0.2, 0.25) is 5.02 Å². The van der Waals surface area contributed by atoms with Gasteiger partial charge in [0.15, 0.2) is 0 Å². The number of nitrogens with zero attached hydrogens (tertiary/aromatic N) is 1. The molecule has 1 N–H and O–H groups in total. The molecule has 0 aromatic heterocycles. The molecule has 0 aliphatic carbocycles. The van der Waals surface area contributed by atoms with Crippen LogP contribution < -0.4 is 10.1 Å². The molecule has 1 saturated heterocycles. The highest BCUT2D eigenvalue weighted by Crippen LogP contribution is 2.32. The lowest BCUT2D eigenvalue weighted by Gasteiger charge is -2.38. The van der Waals surface area contributed by atoms with Crippen molar-refractivity contribution in [1.29, 1.82) is 0 Å². The second-order valence-corrected chi connectivity index (χ2v) is 8.50. The second kappa shape index (κ2) is 9.80. The topological polar surface area (TPSA) is 41.6 Å². The van der Waals surface area contributed by atoms with Crippen LogP contribution in [0.3, 0.4) is 0 Å². The van der Waals surface area contributed by atoms with E-state index in [1.165, 1.54) is 28.8 Å². The van der Waals surface area contributed by atoms with Crippen LogP contribution in [0.4, 0.5) is 4.39 Å². The summed E-state index contributed by atoms with van der Waals surface area (Å²) >= 11 is 6.06. The fourth-order valence-corrected chi connectivity index (χ4v) is 4.51. The number of ether oxygens (including phenoxy) is 1. The minimum atomic E-state index is -0.398. The third-order valence-electron chi connectivity index (χ3n) is 6.18. The molecule has 4 nitrogen and oxygen atoms in total. The lowest BCUT2D eigenvalue weighted by molar-refractivity contribution is -0.121. The van der Waals surface area contributed by atoms with E-state index in [1.807, 2.05) is 6.07 Å². The molecule has 0 radical (unpaired) electrons. The Labute approximate surface area is 183 Å². The number of benzene rings is 2. The second-order valence-electron chi connectivity index (χ2n) is 8.10. The normalized spacial score (nSPS) is 18.1. The van der Waals surface area contributed by atoms with Crippen molar-refractivity contribution in [1.82, 2.24) is 10.2 Å². The highest BCUT2D eigenvalue weighted by molar-refractivity contribution is 6.31. The number of carbonyl (C=O) groups is 1. The number of halogens is 2. The van der Waals surface area contributed by atoms with Gasteiger partial charge in [-0.3, -0.25) is 9.69 Å². The van der Waals surface area contributed by atoms with Gasteiger partial charge in [0.25, 0.3) is 0 Å². The molecule has 2 aromatic rings. The smallest absolute Gasteiger partial charge is 0.224 e.